The molecule has 0 bridgehead atoms. The number of rotatable bonds is 7. The van der Waals surface area contributed by atoms with Crippen LogP contribution in [-0.2, 0) is 0 Å². The lowest BCUT2D eigenvalue weighted by molar-refractivity contribution is 0.453. The third kappa shape index (κ3) is 5.22. The molecule has 1 rings (SSSR count). The van der Waals surface area contributed by atoms with Crippen molar-refractivity contribution < 1.29 is 4.39 Å². The van der Waals surface area contributed by atoms with E-state index in [-0.39, 0.29) is 5.82 Å². The summed E-state index contributed by atoms with van der Waals surface area (Å²) in [7, 11) is 0. The van der Waals surface area contributed by atoms with Gasteiger partial charge in [0.1, 0.15) is 5.82 Å². The van der Waals surface area contributed by atoms with Crippen LogP contribution < -0.4 is 5.32 Å². The second-order valence-corrected chi connectivity index (χ2v) is 6.26. The zero-order valence-corrected chi connectivity index (χ0v) is 13.6. The van der Waals surface area contributed by atoms with Gasteiger partial charge in [-0.05, 0) is 59.2 Å². The zero-order valence-electron chi connectivity index (χ0n) is 11.5. The maximum absolute atomic E-state index is 13.1. The lowest BCUT2D eigenvalue weighted by atomic mass is 9.98. The van der Waals surface area contributed by atoms with E-state index >= 15 is 0 Å². The van der Waals surface area contributed by atoms with E-state index in [1.165, 1.54) is 18.4 Å². The summed E-state index contributed by atoms with van der Waals surface area (Å²) >= 11 is 2.23. The van der Waals surface area contributed by atoms with Crippen molar-refractivity contribution in [2.75, 3.05) is 6.54 Å². The highest BCUT2D eigenvalue weighted by Crippen LogP contribution is 2.25. The van der Waals surface area contributed by atoms with Crippen LogP contribution in [0.1, 0.15) is 51.6 Å². The Bertz CT molecular complexity index is 366. The fourth-order valence-corrected chi connectivity index (χ4v) is 2.98. The van der Waals surface area contributed by atoms with Gasteiger partial charge in [0.25, 0.3) is 0 Å². The van der Waals surface area contributed by atoms with Crippen LogP contribution >= 0.6 is 22.6 Å². The van der Waals surface area contributed by atoms with Crippen LogP contribution in [0.15, 0.2) is 18.2 Å². The Morgan fingerprint density at radius 2 is 2.00 bits per heavy atom. The summed E-state index contributed by atoms with van der Waals surface area (Å²) in [6.07, 6.45) is 3.58. The summed E-state index contributed by atoms with van der Waals surface area (Å²) < 4.78 is 14.1. The average molecular weight is 363 g/mol. The zero-order chi connectivity index (χ0) is 13.5. The normalized spacial score (nSPS) is 13.0. The number of hydrogen-bond acceptors (Lipinski definition) is 1. The first-order valence-electron chi connectivity index (χ1n) is 6.73. The Labute approximate surface area is 124 Å². The monoisotopic (exact) mass is 363 g/mol. The SMILES string of the molecule is CCNC(CCCC(C)C)c1ccc(F)cc1I. The lowest BCUT2D eigenvalue weighted by Gasteiger charge is -2.20. The Morgan fingerprint density at radius 1 is 1.28 bits per heavy atom. The van der Waals surface area contributed by atoms with Gasteiger partial charge in [-0.3, -0.25) is 0 Å². The first-order valence-corrected chi connectivity index (χ1v) is 7.80. The molecular formula is C15H23FIN. The fourth-order valence-electron chi connectivity index (χ4n) is 2.13. The molecule has 0 spiro atoms. The summed E-state index contributed by atoms with van der Waals surface area (Å²) in [5, 5.41) is 3.51. The standard InChI is InChI=1S/C15H23FIN/c1-4-18-15(7-5-6-11(2)3)13-9-8-12(16)10-14(13)17/h8-11,15,18H,4-7H2,1-3H3. The van der Waals surface area contributed by atoms with Gasteiger partial charge in [0.15, 0.2) is 0 Å². The molecule has 1 atom stereocenters. The first kappa shape index (κ1) is 15.9. The second-order valence-electron chi connectivity index (χ2n) is 5.10. The molecular weight excluding hydrogens is 340 g/mol. The minimum atomic E-state index is -0.152. The van der Waals surface area contributed by atoms with E-state index in [0.717, 1.165) is 22.5 Å². The van der Waals surface area contributed by atoms with E-state index in [1.807, 2.05) is 6.07 Å². The maximum Gasteiger partial charge on any atom is 0.124 e. The van der Waals surface area contributed by atoms with Crippen LogP contribution in [-0.4, -0.2) is 6.54 Å². The highest BCUT2D eigenvalue weighted by molar-refractivity contribution is 14.1. The summed E-state index contributed by atoms with van der Waals surface area (Å²) in [4.78, 5) is 0. The highest BCUT2D eigenvalue weighted by atomic mass is 127. The fraction of sp³-hybridized carbons (Fsp3) is 0.600. The molecule has 0 radical (unpaired) electrons. The van der Waals surface area contributed by atoms with Crippen LogP contribution in [0.25, 0.3) is 0 Å². The molecule has 0 aliphatic carbocycles. The summed E-state index contributed by atoms with van der Waals surface area (Å²) in [6, 6.07) is 5.44. The predicted octanol–water partition coefficient (Wildman–Crippen LogP) is 4.91. The van der Waals surface area contributed by atoms with Crippen molar-refractivity contribution in [3.8, 4) is 0 Å². The van der Waals surface area contributed by atoms with E-state index < -0.39 is 0 Å². The van der Waals surface area contributed by atoms with Crippen molar-refractivity contribution in [1.29, 1.82) is 0 Å². The van der Waals surface area contributed by atoms with Crippen molar-refractivity contribution >= 4 is 22.6 Å². The van der Waals surface area contributed by atoms with Crippen molar-refractivity contribution in [2.45, 2.75) is 46.1 Å². The van der Waals surface area contributed by atoms with Crippen LogP contribution in [0.2, 0.25) is 0 Å². The molecule has 1 aromatic carbocycles. The van der Waals surface area contributed by atoms with Gasteiger partial charge < -0.3 is 5.32 Å². The number of nitrogens with one attached hydrogen (secondary N) is 1. The number of halogens is 2. The van der Waals surface area contributed by atoms with Gasteiger partial charge in [0.05, 0.1) is 0 Å². The van der Waals surface area contributed by atoms with Gasteiger partial charge in [-0.15, -0.1) is 0 Å². The smallest absolute Gasteiger partial charge is 0.124 e. The molecule has 18 heavy (non-hydrogen) atoms. The molecule has 0 aliphatic rings. The molecule has 1 nitrogen and oxygen atoms in total. The van der Waals surface area contributed by atoms with Gasteiger partial charge in [0, 0.05) is 9.61 Å². The molecule has 102 valence electrons. The van der Waals surface area contributed by atoms with Gasteiger partial charge >= 0.3 is 0 Å². The molecule has 0 aromatic heterocycles. The molecule has 1 aromatic rings. The summed E-state index contributed by atoms with van der Waals surface area (Å²) in [5.41, 5.74) is 1.22. The van der Waals surface area contributed by atoms with Crippen LogP contribution in [0, 0.1) is 15.3 Å². The molecule has 0 fully saturated rings. The molecule has 0 saturated heterocycles. The van der Waals surface area contributed by atoms with E-state index in [4.69, 9.17) is 0 Å². The Hall–Kier alpha value is -0.160. The van der Waals surface area contributed by atoms with E-state index in [1.54, 1.807) is 12.1 Å². The van der Waals surface area contributed by atoms with E-state index in [2.05, 4.69) is 48.7 Å². The highest BCUT2D eigenvalue weighted by Gasteiger charge is 2.13. The quantitative estimate of drug-likeness (QED) is 0.679. The Balaban J connectivity index is 2.70. The summed E-state index contributed by atoms with van der Waals surface area (Å²) in [6.45, 7) is 7.57. The van der Waals surface area contributed by atoms with Crippen molar-refractivity contribution in [3.63, 3.8) is 0 Å². The Morgan fingerprint density at radius 3 is 2.56 bits per heavy atom. The van der Waals surface area contributed by atoms with E-state index in [0.29, 0.717) is 6.04 Å². The molecule has 0 saturated carbocycles. The molecule has 0 amide bonds. The molecule has 1 unspecified atom stereocenters. The molecule has 1 N–H and O–H groups in total. The first-order chi connectivity index (χ1) is 8.54. The third-order valence-electron chi connectivity index (χ3n) is 3.06. The second kappa shape index (κ2) is 8.10. The number of hydrogen-bond donors (Lipinski definition) is 1. The van der Waals surface area contributed by atoms with Gasteiger partial charge in [0.2, 0.25) is 0 Å². The largest absolute Gasteiger partial charge is 0.310 e. The van der Waals surface area contributed by atoms with Gasteiger partial charge in [-0.1, -0.05) is 39.7 Å². The van der Waals surface area contributed by atoms with Gasteiger partial charge in [-0.25, -0.2) is 4.39 Å². The van der Waals surface area contributed by atoms with E-state index in [9.17, 15) is 4.39 Å². The Kier molecular flexibility index (Phi) is 7.15. The van der Waals surface area contributed by atoms with Crippen LogP contribution in [0.5, 0.6) is 0 Å². The average Bonchev–Trinajstić information content (AvgIpc) is 2.28. The topological polar surface area (TPSA) is 12.0 Å². The molecule has 3 heteroatoms. The van der Waals surface area contributed by atoms with Crippen molar-refractivity contribution in [2.24, 2.45) is 5.92 Å². The minimum Gasteiger partial charge on any atom is -0.310 e. The molecule has 0 aliphatic heterocycles. The summed E-state index contributed by atoms with van der Waals surface area (Å²) in [5.74, 6) is 0.597. The number of benzene rings is 1. The van der Waals surface area contributed by atoms with Crippen LogP contribution in [0.4, 0.5) is 4.39 Å². The van der Waals surface area contributed by atoms with Gasteiger partial charge in [-0.2, -0.15) is 0 Å². The predicted molar refractivity (Wildman–Crippen MR) is 84.2 cm³/mol. The van der Waals surface area contributed by atoms with Crippen molar-refractivity contribution in [1.82, 2.24) is 5.32 Å². The minimum absolute atomic E-state index is 0.152. The molecule has 0 heterocycles. The van der Waals surface area contributed by atoms with Crippen molar-refractivity contribution in [3.05, 3.63) is 33.1 Å². The third-order valence-corrected chi connectivity index (χ3v) is 4.00. The lowest BCUT2D eigenvalue weighted by Crippen LogP contribution is -2.22. The van der Waals surface area contributed by atoms with Crippen LogP contribution in [0.3, 0.4) is 0 Å². The maximum atomic E-state index is 13.1.